The maximum absolute atomic E-state index is 12.5. The SMILES string of the molecule is CCCCC(C(=O)OC)N(CCC)CC(F)(F)F. The fourth-order valence-corrected chi connectivity index (χ4v) is 1.85. The number of carbonyl (C=O) groups excluding carboxylic acids is 1. The Balaban J connectivity index is 4.78. The van der Waals surface area contributed by atoms with Crippen LogP contribution in [0.25, 0.3) is 0 Å². The van der Waals surface area contributed by atoms with Gasteiger partial charge in [-0.15, -0.1) is 0 Å². The minimum atomic E-state index is -4.30. The highest BCUT2D eigenvalue weighted by Crippen LogP contribution is 2.20. The molecule has 0 saturated heterocycles. The lowest BCUT2D eigenvalue weighted by Gasteiger charge is -2.30. The molecule has 0 saturated carbocycles. The van der Waals surface area contributed by atoms with Crippen molar-refractivity contribution in [1.29, 1.82) is 0 Å². The lowest BCUT2D eigenvalue weighted by atomic mass is 10.1. The van der Waals surface area contributed by atoms with Crippen LogP contribution >= 0.6 is 0 Å². The lowest BCUT2D eigenvalue weighted by molar-refractivity contribution is -0.164. The van der Waals surface area contributed by atoms with Crippen molar-refractivity contribution in [3.05, 3.63) is 0 Å². The summed E-state index contributed by atoms with van der Waals surface area (Å²) >= 11 is 0. The van der Waals surface area contributed by atoms with E-state index in [9.17, 15) is 18.0 Å². The van der Waals surface area contributed by atoms with E-state index < -0.39 is 24.7 Å². The number of rotatable bonds is 8. The normalized spacial score (nSPS) is 13.7. The molecule has 6 heteroatoms. The van der Waals surface area contributed by atoms with E-state index in [0.717, 1.165) is 6.42 Å². The van der Waals surface area contributed by atoms with Gasteiger partial charge in [-0.2, -0.15) is 13.2 Å². The van der Waals surface area contributed by atoms with Gasteiger partial charge in [-0.3, -0.25) is 9.69 Å². The third-order valence-corrected chi connectivity index (χ3v) is 2.64. The molecule has 0 aromatic rings. The Labute approximate surface area is 106 Å². The average Bonchev–Trinajstić information content (AvgIpc) is 2.27. The predicted octanol–water partition coefficient (Wildman–Crippen LogP) is 2.99. The van der Waals surface area contributed by atoms with Crippen molar-refractivity contribution in [1.82, 2.24) is 4.90 Å². The van der Waals surface area contributed by atoms with Crippen molar-refractivity contribution in [3.8, 4) is 0 Å². The molecular weight excluding hydrogens is 247 g/mol. The van der Waals surface area contributed by atoms with Gasteiger partial charge in [0.25, 0.3) is 0 Å². The summed E-state index contributed by atoms with van der Waals surface area (Å²) < 4.78 is 42.1. The molecule has 1 atom stereocenters. The van der Waals surface area contributed by atoms with Gasteiger partial charge in [-0.05, 0) is 19.4 Å². The zero-order valence-corrected chi connectivity index (χ0v) is 11.2. The highest BCUT2D eigenvalue weighted by molar-refractivity contribution is 5.75. The van der Waals surface area contributed by atoms with Crippen LogP contribution in [0.5, 0.6) is 0 Å². The Bertz CT molecular complexity index is 244. The highest BCUT2D eigenvalue weighted by atomic mass is 19.4. The van der Waals surface area contributed by atoms with Crippen LogP contribution in [0.4, 0.5) is 13.2 Å². The molecule has 0 amide bonds. The summed E-state index contributed by atoms with van der Waals surface area (Å²) in [7, 11) is 1.21. The third kappa shape index (κ3) is 6.83. The van der Waals surface area contributed by atoms with Gasteiger partial charge in [0.2, 0.25) is 0 Å². The van der Waals surface area contributed by atoms with E-state index >= 15 is 0 Å². The van der Waals surface area contributed by atoms with E-state index in [-0.39, 0.29) is 6.54 Å². The molecule has 0 aliphatic heterocycles. The van der Waals surface area contributed by atoms with Crippen molar-refractivity contribution in [2.45, 2.75) is 51.7 Å². The van der Waals surface area contributed by atoms with Crippen molar-refractivity contribution >= 4 is 5.97 Å². The zero-order valence-electron chi connectivity index (χ0n) is 11.2. The van der Waals surface area contributed by atoms with Crippen LogP contribution in [0.15, 0.2) is 0 Å². The maximum Gasteiger partial charge on any atom is 0.401 e. The zero-order chi connectivity index (χ0) is 14.2. The maximum atomic E-state index is 12.5. The molecule has 0 fully saturated rings. The Hall–Kier alpha value is -0.780. The minimum absolute atomic E-state index is 0.239. The first-order valence-corrected chi connectivity index (χ1v) is 6.24. The summed E-state index contributed by atoms with van der Waals surface area (Å²) in [6, 6.07) is -0.795. The number of hydrogen-bond donors (Lipinski definition) is 0. The van der Waals surface area contributed by atoms with Gasteiger partial charge < -0.3 is 4.74 Å². The number of carbonyl (C=O) groups is 1. The average molecular weight is 269 g/mol. The molecule has 0 heterocycles. The monoisotopic (exact) mass is 269 g/mol. The van der Waals surface area contributed by atoms with Crippen LogP contribution < -0.4 is 0 Å². The topological polar surface area (TPSA) is 29.5 Å². The molecule has 0 bridgehead atoms. The van der Waals surface area contributed by atoms with E-state index in [1.165, 1.54) is 12.0 Å². The molecule has 0 aliphatic carbocycles. The number of alkyl halides is 3. The summed E-state index contributed by atoms with van der Waals surface area (Å²) in [5.41, 5.74) is 0. The molecule has 0 aliphatic rings. The van der Waals surface area contributed by atoms with Gasteiger partial charge >= 0.3 is 12.1 Å². The number of unbranched alkanes of at least 4 members (excludes halogenated alkanes) is 1. The van der Waals surface area contributed by atoms with Gasteiger partial charge in [-0.1, -0.05) is 26.7 Å². The molecule has 1 unspecified atom stereocenters. The third-order valence-electron chi connectivity index (χ3n) is 2.64. The number of nitrogens with zero attached hydrogens (tertiary/aromatic N) is 1. The molecule has 108 valence electrons. The van der Waals surface area contributed by atoms with Crippen molar-refractivity contribution in [2.24, 2.45) is 0 Å². The van der Waals surface area contributed by atoms with Gasteiger partial charge in [0.05, 0.1) is 13.7 Å². The fraction of sp³-hybridized carbons (Fsp3) is 0.917. The number of methoxy groups -OCH3 is 1. The fourth-order valence-electron chi connectivity index (χ4n) is 1.85. The molecular formula is C12H22F3NO2. The molecule has 3 nitrogen and oxygen atoms in total. The van der Waals surface area contributed by atoms with Crippen molar-refractivity contribution in [3.63, 3.8) is 0 Å². The van der Waals surface area contributed by atoms with Crippen LogP contribution in [0.3, 0.4) is 0 Å². The predicted molar refractivity (Wildman–Crippen MR) is 63.2 cm³/mol. The van der Waals surface area contributed by atoms with Gasteiger partial charge in [0, 0.05) is 0 Å². The first-order valence-electron chi connectivity index (χ1n) is 6.24. The summed E-state index contributed by atoms with van der Waals surface area (Å²) in [6.07, 6.45) is -1.79. The van der Waals surface area contributed by atoms with E-state index in [1.807, 2.05) is 6.92 Å². The summed E-state index contributed by atoms with van der Waals surface area (Å²) in [5, 5.41) is 0. The summed E-state index contributed by atoms with van der Waals surface area (Å²) in [5.74, 6) is -0.582. The van der Waals surface area contributed by atoms with Gasteiger partial charge in [0.15, 0.2) is 0 Å². The molecule has 0 rings (SSSR count). The standard InChI is InChI=1S/C12H22F3NO2/c1-4-6-7-10(11(17)18-3)16(8-5-2)9-12(13,14)15/h10H,4-9H2,1-3H3. The molecule has 18 heavy (non-hydrogen) atoms. The Morgan fingerprint density at radius 3 is 2.28 bits per heavy atom. The van der Waals surface area contributed by atoms with Gasteiger partial charge in [0.1, 0.15) is 6.04 Å². The number of halogens is 3. The van der Waals surface area contributed by atoms with E-state index in [2.05, 4.69) is 4.74 Å². The number of esters is 1. The number of hydrogen-bond acceptors (Lipinski definition) is 3. The van der Waals surface area contributed by atoms with Gasteiger partial charge in [-0.25, -0.2) is 0 Å². The van der Waals surface area contributed by atoms with E-state index in [1.54, 1.807) is 6.92 Å². The number of ether oxygens (including phenoxy) is 1. The Morgan fingerprint density at radius 2 is 1.89 bits per heavy atom. The molecule has 0 aromatic carbocycles. The van der Waals surface area contributed by atoms with Crippen LogP contribution in [-0.4, -0.2) is 43.3 Å². The van der Waals surface area contributed by atoms with E-state index in [4.69, 9.17) is 0 Å². The molecule has 0 N–H and O–H groups in total. The summed E-state index contributed by atoms with van der Waals surface area (Å²) in [6.45, 7) is 2.90. The van der Waals surface area contributed by atoms with Crippen molar-refractivity contribution in [2.75, 3.05) is 20.2 Å². The van der Waals surface area contributed by atoms with Crippen molar-refractivity contribution < 1.29 is 22.7 Å². The Kier molecular flexibility index (Phi) is 7.98. The second-order valence-corrected chi connectivity index (χ2v) is 4.27. The van der Waals surface area contributed by atoms with Crippen LogP contribution in [-0.2, 0) is 9.53 Å². The summed E-state index contributed by atoms with van der Waals surface area (Å²) in [4.78, 5) is 12.8. The second kappa shape index (κ2) is 8.34. The van der Waals surface area contributed by atoms with E-state index in [0.29, 0.717) is 19.3 Å². The quantitative estimate of drug-likeness (QED) is 0.634. The molecule has 0 radical (unpaired) electrons. The first-order chi connectivity index (χ1) is 8.35. The highest BCUT2D eigenvalue weighted by Gasteiger charge is 2.36. The molecule has 0 spiro atoms. The first kappa shape index (κ1) is 17.2. The van der Waals surface area contributed by atoms with Crippen LogP contribution in [0.2, 0.25) is 0 Å². The smallest absolute Gasteiger partial charge is 0.401 e. The Morgan fingerprint density at radius 1 is 1.28 bits per heavy atom. The van der Waals surface area contributed by atoms with Crippen LogP contribution in [0, 0.1) is 0 Å². The second-order valence-electron chi connectivity index (χ2n) is 4.27. The minimum Gasteiger partial charge on any atom is -0.468 e. The largest absolute Gasteiger partial charge is 0.468 e. The lowest BCUT2D eigenvalue weighted by Crippen LogP contribution is -2.46. The molecule has 0 aromatic heterocycles. The van der Waals surface area contributed by atoms with Crippen LogP contribution in [0.1, 0.15) is 39.5 Å².